The van der Waals surface area contributed by atoms with Crippen LogP contribution in [-0.4, -0.2) is 114 Å². The number of hydrogen-bond donors (Lipinski definition) is 0. The van der Waals surface area contributed by atoms with Gasteiger partial charge in [0.2, 0.25) is 0 Å². The number of rotatable bonds is 13. The van der Waals surface area contributed by atoms with E-state index in [9.17, 15) is 33.6 Å². The van der Waals surface area contributed by atoms with Crippen LogP contribution in [-0.2, 0) is 76.2 Å². The van der Waals surface area contributed by atoms with Gasteiger partial charge in [-0.3, -0.25) is 33.6 Å². The highest BCUT2D eigenvalue weighted by molar-refractivity contribution is 8.14. The van der Waals surface area contributed by atoms with Crippen molar-refractivity contribution < 1.29 is 76.2 Å². The van der Waals surface area contributed by atoms with Crippen LogP contribution in [0.4, 0.5) is 0 Å². The third kappa shape index (κ3) is 12.3. The molecule has 2 aliphatic heterocycles. The average molecular weight is 745 g/mol. The maximum Gasteiger partial charge on any atom is 0.303 e. The molecular weight excluding hydrogens is 704 g/mol. The molecule has 1 aromatic rings. The van der Waals surface area contributed by atoms with Gasteiger partial charge >= 0.3 is 35.8 Å². The summed E-state index contributed by atoms with van der Waals surface area (Å²) in [6.07, 6.45) is -11.3. The van der Waals surface area contributed by atoms with Gasteiger partial charge in [-0.05, 0) is 12.1 Å². The molecule has 0 spiro atoms. The highest BCUT2D eigenvalue weighted by Crippen LogP contribution is 2.42. The van der Waals surface area contributed by atoms with Crippen molar-refractivity contribution in [2.75, 3.05) is 13.2 Å². The van der Waals surface area contributed by atoms with Crippen LogP contribution in [0.15, 0.2) is 35.2 Å². The Kier molecular flexibility index (Phi) is 15.5. The Hall–Kier alpha value is -3.71. The van der Waals surface area contributed by atoms with Crippen LogP contribution in [0.25, 0.3) is 0 Å². The molecule has 0 bridgehead atoms. The summed E-state index contributed by atoms with van der Waals surface area (Å²) in [5.41, 5.74) is -1.03. The molecule has 2 fully saturated rings. The number of thioether (sulfide) groups is 2. The van der Waals surface area contributed by atoms with Gasteiger partial charge in [0, 0.05) is 53.4 Å². The third-order valence-corrected chi connectivity index (χ3v) is 9.21. The van der Waals surface area contributed by atoms with Gasteiger partial charge < -0.3 is 42.6 Å². The lowest BCUT2D eigenvalue weighted by atomic mass is 9.97. The van der Waals surface area contributed by atoms with E-state index in [0.717, 1.165) is 58.1 Å². The summed E-state index contributed by atoms with van der Waals surface area (Å²) in [4.78, 5) is 86.5. The Balaban J connectivity index is 2.19. The quantitative estimate of drug-likeness (QED) is 0.210. The maximum absolute atomic E-state index is 12.6. The van der Waals surface area contributed by atoms with Gasteiger partial charge in [-0.1, -0.05) is 41.7 Å². The lowest BCUT2D eigenvalue weighted by molar-refractivity contribution is -0.328. The molecule has 50 heavy (non-hydrogen) atoms. The first-order valence-corrected chi connectivity index (χ1v) is 17.1. The van der Waals surface area contributed by atoms with Crippen LogP contribution in [0.5, 0.6) is 0 Å². The first-order chi connectivity index (χ1) is 23.5. The highest BCUT2D eigenvalue weighted by atomic mass is 32.2. The SMILES string of the molecule is CC(=O)OC[C@H]1O[C@@H](O[C@@H]2[C@@H](OC(C)=O)[C@H](Sc3ccccc3)O[C@H](COC(C)=O)[C@H]2SC(C)=O)[C@H](OC(C)=O)[C@@H](OC(C)=O)[C@H]1OC(C)=O. The number of hydrogen-bond acceptors (Lipinski definition) is 18. The van der Waals surface area contributed by atoms with Crippen molar-refractivity contribution >= 4 is 64.5 Å². The van der Waals surface area contributed by atoms with E-state index in [2.05, 4.69) is 0 Å². The van der Waals surface area contributed by atoms with Crippen molar-refractivity contribution in [1.29, 1.82) is 0 Å². The molecule has 0 N–H and O–H groups in total. The molecule has 18 heteroatoms. The normalized spacial score (nSPS) is 29.1. The largest absolute Gasteiger partial charge is 0.463 e. The molecule has 2 heterocycles. The molecule has 2 aliphatic rings. The number of carbonyl (C=O) groups excluding carboxylic acids is 7. The fourth-order valence-electron chi connectivity index (χ4n) is 5.20. The standard InChI is InChI=1S/C32H40O16S2/c1-15(33)40-13-23-25(42-17(3)35)26(43-18(4)36)28(44-19(5)37)31(46-23)48-27-29(45-20(6)38)32(50-22-11-9-8-10-12-22)47-24(14-41-16(2)34)30(27)49-21(7)39/h8-12,23-32H,13-14H2,1-7H3/t23-,24-,25+,26+,27-,28-,29-,30-,31+,32+/m1/s1. The minimum atomic E-state index is -1.69. The molecule has 0 aliphatic carbocycles. The predicted molar refractivity (Wildman–Crippen MR) is 172 cm³/mol. The van der Waals surface area contributed by atoms with E-state index in [1.54, 1.807) is 30.3 Å². The fourth-order valence-corrected chi connectivity index (χ4v) is 7.36. The molecular formula is C32H40O16S2. The molecule has 2 saturated heterocycles. The third-order valence-electron chi connectivity index (χ3n) is 6.88. The van der Waals surface area contributed by atoms with E-state index < -0.39 is 107 Å². The number of benzene rings is 1. The molecule has 0 unspecified atom stereocenters. The smallest absolute Gasteiger partial charge is 0.303 e. The van der Waals surface area contributed by atoms with Crippen molar-refractivity contribution in [3.8, 4) is 0 Å². The van der Waals surface area contributed by atoms with E-state index in [1.807, 2.05) is 0 Å². The highest BCUT2D eigenvalue weighted by Gasteiger charge is 2.57. The summed E-state index contributed by atoms with van der Waals surface area (Å²) in [7, 11) is 0. The second kappa shape index (κ2) is 19.1. The molecule has 0 saturated carbocycles. The van der Waals surface area contributed by atoms with E-state index >= 15 is 0 Å². The van der Waals surface area contributed by atoms with E-state index in [1.165, 1.54) is 13.8 Å². The zero-order valence-corrected chi connectivity index (χ0v) is 30.1. The Labute approximate surface area is 296 Å². The Morgan fingerprint density at radius 1 is 0.580 bits per heavy atom. The summed E-state index contributed by atoms with van der Waals surface area (Å²) in [5.74, 6) is -4.64. The van der Waals surface area contributed by atoms with Gasteiger partial charge in [0.05, 0.1) is 5.25 Å². The summed E-state index contributed by atoms with van der Waals surface area (Å²) in [5, 5.41) is -1.45. The number of ether oxygens (including phenoxy) is 9. The molecule has 1 aromatic carbocycles. The lowest BCUT2D eigenvalue weighted by Gasteiger charge is -2.49. The van der Waals surface area contributed by atoms with E-state index in [-0.39, 0.29) is 6.61 Å². The summed E-state index contributed by atoms with van der Waals surface area (Å²) in [6.45, 7) is 7.13. The number of carbonyl (C=O) groups is 7. The molecule has 10 atom stereocenters. The first-order valence-electron chi connectivity index (χ1n) is 15.4. The van der Waals surface area contributed by atoms with Crippen LogP contribution >= 0.6 is 23.5 Å². The van der Waals surface area contributed by atoms with Crippen molar-refractivity contribution in [2.24, 2.45) is 0 Å². The van der Waals surface area contributed by atoms with Crippen molar-refractivity contribution in [2.45, 2.75) is 113 Å². The molecule has 0 aromatic heterocycles. The van der Waals surface area contributed by atoms with Crippen LogP contribution in [0.2, 0.25) is 0 Å². The van der Waals surface area contributed by atoms with Crippen LogP contribution in [0, 0.1) is 0 Å². The predicted octanol–water partition coefficient (Wildman–Crippen LogP) is 2.12. The number of esters is 6. The van der Waals surface area contributed by atoms with Gasteiger partial charge in [-0.2, -0.15) is 0 Å². The van der Waals surface area contributed by atoms with Gasteiger partial charge in [-0.25, -0.2) is 0 Å². The van der Waals surface area contributed by atoms with Crippen molar-refractivity contribution in [1.82, 2.24) is 0 Å². The minimum absolute atomic E-state index is 0.336. The second-order valence-electron chi connectivity index (χ2n) is 11.1. The summed E-state index contributed by atoms with van der Waals surface area (Å²) in [6, 6.07) is 8.93. The van der Waals surface area contributed by atoms with Gasteiger partial charge in [0.25, 0.3) is 0 Å². The maximum atomic E-state index is 12.6. The zero-order chi connectivity index (χ0) is 37.1. The summed E-state index contributed by atoms with van der Waals surface area (Å²) >= 11 is 1.91. The van der Waals surface area contributed by atoms with Crippen LogP contribution in [0.3, 0.4) is 0 Å². The monoisotopic (exact) mass is 744 g/mol. The Morgan fingerprint density at radius 3 is 1.60 bits per heavy atom. The van der Waals surface area contributed by atoms with Crippen LogP contribution < -0.4 is 0 Å². The molecule has 276 valence electrons. The fraction of sp³-hybridized carbons (Fsp3) is 0.594. The lowest BCUT2D eigenvalue weighted by Crippen LogP contribution is -2.66. The summed E-state index contributed by atoms with van der Waals surface area (Å²) < 4.78 is 51.7. The van der Waals surface area contributed by atoms with Gasteiger partial charge in [-0.15, -0.1) is 0 Å². The van der Waals surface area contributed by atoms with Gasteiger partial charge in [0.1, 0.15) is 37.0 Å². The first kappa shape index (κ1) is 40.7. The van der Waals surface area contributed by atoms with Crippen molar-refractivity contribution in [3.63, 3.8) is 0 Å². The second-order valence-corrected chi connectivity index (χ2v) is 13.6. The van der Waals surface area contributed by atoms with E-state index in [0.29, 0.717) is 4.90 Å². The Morgan fingerprint density at radius 2 is 1.08 bits per heavy atom. The van der Waals surface area contributed by atoms with Crippen LogP contribution in [0.1, 0.15) is 48.5 Å². The average Bonchev–Trinajstić information content (AvgIpc) is 3.00. The molecule has 3 rings (SSSR count). The molecule has 16 nitrogen and oxygen atoms in total. The zero-order valence-electron chi connectivity index (χ0n) is 28.4. The van der Waals surface area contributed by atoms with E-state index in [4.69, 9.17) is 42.6 Å². The minimum Gasteiger partial charge on any atom is -0.463 e. The topological polar surface area (TPSA) is 203 Å². The molecule has 0 radical (unpaired) electrons. The van der Waals surface area contributed by atoms with Gasteiger partial charge in [0.15, 0.2) is 35.8 Å². The van der Waals surface area contributed by atoms with Crippen molar-refractivity contribution in [3.05, 3.63) is 30.3 Å². The Bertz CT molecular complexity index is 1390. The molecule has 0 amide bonds.